The van der Waals surface area contributed by atoms with E-state index in [2.05, 4.69) is 6.92 Å². The number of fused-ring (bicyclic) bond motifs is 1. The zero-order chi connectivity index (χ0) is 10.3. The van der Waals surface area contributed by atoms with Crippen LogP contribution in [0, 0.1) is 11.8 Å². The van der Waals surface area contributed by atoms with E-state index >= 15 is 0 Å². The minimum Gasteiger partial charge on any atom is -0.299 e. The Morgan fingerprint density at radius 2 is 1.93 bits per heavy atom. The molecule has 0 radical (unpaired) electrons. The van der Waals surface area contributed by atoms with Gasteiger partial charge in [0.25, 0.3) is 0 Å². The highest BCUT2D eigenvalue weighted by atomic mass is 16.1. The molecule has 0 spiro atoms. The Morgan fingerprint density at radius 3 is 2.64 bits per heavy atom. The summed E-state index contributed by atoms with van der Waals surface area (Å²) >= 11 is 0. The van der Waals surface area contributed by atoms with Crippen molar-refractivity contribution in [1.29, 1.82) is 0 Å². The van der Waals surface area contributed by atoms with Gasteiger partial charge in [-0.2, -0.15) is 0 Å². The van der Waals surface area contributed by atoms with Crippen LogP contribution < -0.4 is 0 Å². The van der Waals surface area contributed by atoms with Gasteiger partial charge < -0.3 is 0 Å². The first-order chi connectivity index (χ1) is 6.59. The van der Waals surface area contributed by atoms with E-state index in [9.17, 15) is 9.59 Å². The van der Waals surface area contributed by atoms with E-state index in [1.54, 1.807) is 0 Å². The molecule has 2 nitrogen and oxygen atoms in total. The Hall–Kier alpha value is -0.920. The number of carbonyl (C=O) groups is 2. The van der Waals surface area contributed by atoms with Crippen LogP contribution in [0.2, 0.25) is 0 Å². The van der Waals surface area contributed by atoms with E-state index in [1.165, 1.54) is 0 Å². The quantitative estimate of drug-likeness (QED) is 0.590. The van der Waals surface area contributed by atoms with Gasteiger partial charge in [-0.25, -0.2) is 0 Å². The van der Waals surface area contributed by atoms with E-state index in [4.69, 9.17) is 0 Å². The third kappa shape index (κ3) is 1.43. The molecule has 0 aliphatic heterocycles. The van der Waals surface area contributed by atoms with Gasteiger partial charge in [-0.1, -0.05) is 12.5 Å². The van der Waals surface area contributed by atoms with Crippen molar-refractivity contribution in [2.24, 2.45) is 11.8 Å². The predicted octanol–water partition coefficient (Wildman–Crippen LogP) is 2.28. The lowest BCUT2D eigenvalue weighted by atomic mass is 9.70. The molecular formula is C12H16O2. The average molecular weight is 192 g/mol. The van der Waals surface area contributed by atoms with Gasteiger partial charge in [0.2, 0.25) is 0 Å². The monoisotopic (exact) mass is 192 g/mol. The summed E-state index contributed by atoms with van der Waals surface area (Å²) < 4.78 is 0. The molecule has 0 saturated heterocycles. The van der Waals surface area contributed by atoms with Crippen LogP contribution in [0.3, 0.4) is 0 Å². The number of rotatable bonds is 0. The zero-order valence-electron chi connectivity index (χ0n) is 8.80. The average Bonchev–Trinajstić information content (AvgIpc) is 2.12. The third-order valence-corrected chi connectivity index (χ3v) is 3.49. The first-order valence-corrected chi connectivity index (χ1v) is 5.35. The fourth-order valence-corrected chi connectivity index (χ4v) is 2.66. The first kappa shape index (κ1) is 9.63. The second-order valence-electron chi connectivity index (χ2n) is 4.64. The molecule has 2 rings (SSSR count). The van der Waals surface area contributed by atoms with Gasteiger partial charge in [-0.15, -0.1) is 0 Å². The molecule has 0 aromatic carbocycles. The largest absolute Gasteiger partial charge is 0.299 e. The van der Waals surface area contributed by atoms with E-state index in [-0.39, 0.29) is 11.7 Å². The molecule has 2 heteroatoms. The van der Waals surface area contributed by atoms with Gasteiger partial charge >= 0.3 is 0 Å². The molecule has 0 heterocycles. The summed E-state index contributed by atoms with van der Waals surface area (Å²) in [5.41, 5.74) is 2.02. The van der Waals surface area contributed by atoms with Crippen molar-refractivity contribution in [3.8, 4) is 0 Å². The minimum atomic E-state index is 0.0869. The predicted molar refractivity (Wildman–Crippen MR) is 53.8 cm³/mol. The number of ketones is 2. The molecule has 2 aliphatic carbocycles. The molecule has 2 unspecified atom stereocenters. The third-order valence-electron chi connectivity index (χ3n) is 3.49. The number of hydrogen-bond donors (Lipinski definition) is 0. The van der Waals surface area contributed by atoms with Gasteiger partial charge in [0.05, 0.1) is 0 Å². The zero-order valence-corrected chi connectivity index (χ0v) is 8.80. The summed E-state index contributed by atoms with van der Waals surface area (Å²) in [6.45, 7) is 3.97. The van der Waals surface area contributed by atoms with E-state index in [1.807, 2.05) is 6.92 Å². The lowest BCUT2D eigenvalue weighted by Gasteiger charge is -2.32. The number of carbonyl (C=O) groups excluding carboxylic acids is 2. The highest BCUT2D eigenvalue weighted by Crippen LogP contribution is 2.38. The summed E-state index contributed by atoms with van der Waals surface area (Å²) in [6.07, 6.45) is 2.99. The SMILES string of the molecule is CC1=C2CC(C)CC(=O)C2CCC1=O. The lowest BCUT2D eigenvalue weighted by molar-refractivity contribution is -0.125. The molecule has 0 bridgehead atoms. The van der Waals surface area contributed by atoms with Crippen LogP contribution in [-0.4, -0.2) is 11.6 Å². The van der Waals surface area contributed by atoms with Crippen LogP contribution in [0.15, 0.2) is 11.1 Å². The van der Waals surface area contributed by atoms with Crippen molar-refractivity contribution in [2.45, 2.75) is 39.5 Å². The highest BCUT2D eigenvalue weighted by Gasteiger charge is 2.35. The molecule has 2 atom stereocenters. The summed E-state index contributed by atoms with van der Waals surface area (Å²) in [6, 6.07) is 0. The minimum absolute atomic E-state index is 0.0869. The van der Waals surface area contributed by atoms with Gasteiger partial charge in [0.15, 0.2) is 5.78 Å². The standard InChI is InChI=1S/C12H16O2/c1-7-5-10-8(2)11(13)4-3-9(10)12(14)6-7/h7,9H,3-6H2,1-2H3. The molecule has 0 aromatic heterocycles. The van der Waals surface area contributed by atoms with Crippen LogP contribution >= 0.6 is 0 Å². The van der Waals surface area contributed by atoms with Crippen molar-refractivity contribution < 1.29 is 9.59 Å². The summed E-state index contributed by atoms with van der Waals surface area (Å²) in [4.78, 5) is 23.2. The molecule has 0 N–H and O–H groups in total. The second-order valence-corrected chi connectivity index (χ2v) is 4.64. The van der Waals surface area contributed by atoms with Crippen LogP contribution in [0.1, 0.15) is 39.5 Å². The number of Topliss-reactive ketones (excluding diaryl/α,β-unsaturated/α-hetero) is 2. The molecule has 2 aliphatic rings. The molecule has 1 saturated carbocycles. The van der Waals surface area contributed by atoms with Crippen LogP contribution in [0.25, 0.3) is 0 Å². The molecule has 0 amide bonds. The Kier molecular flexibility index (Phi) is 2.30. The molecule has 14 heavy (non-hydrogen) atoms. The number of hydrogen-bond acceptors (Lipinski definition) is 2. The molecule has 76 valence electrons. The van der Waals surface area contributed by atoms with Crippen molar-refractivity contribution >= 4 is 11.6 Å². The highest BCUT2D eigenvalue weighted by molar-refractivity contribution is 5.99. The van der Waals surface area contributed by atoms with Crippen LogP contribution in [-0.2, 0) is 9.59 Å². The lowest BCUT2D eigenvalue weighted by Crippen LogP contribution is -2.31. The van der Waals surface area contributed by atoms with Crippen LogP contribution in [0.4, 0.5) is 0 Å². The van der Waals surface area contributed by atoms with Crippen molar-refractivity contribution in [2.75, 3.05) is 0 Å². The van der Waals surface area contributed by atoms with Crippen molar-refractivity contribution in [1.82, 2.24) is 0 Å². The molecule has 1 fully saturated rings. The summed E-state index contributed by atoms with van der Waals surface area (Å²) in [7, 11) is 0. The van der Waals surface area contributed by atoms with E-state index in [0.29, 0.717) is 24.5 Å². The fraction of sp³-hybridized carbons (Fsp3) is 0.667. The maximum Gasteiger partial charge on any atom is 0.158 e. The van der Waals surface area contributed by atoms with Gasteiger partial charge in [-0.3, -0.25) is 9.59 Å². The maximum absolute atomic E-state index is 11.7. The second kappa shape index (κ2) is 3.34. The van der Waals surface area contributed by atoms with E-state index in [0.717, 1.165) is 24.0 Å². The topological polar surface area (TPSA) is 34.1 Å². The Bertz CT molecular complexity index is 325. The smallest absolute Gasteiger partial charge is 0.158 e. The molecule has 0 aromatic rings. The van der Waals surface area contributed by atoms with Crippen LogP contribution in [0.5, 0.6) is 0 Å². The van der Waals surface area contributed by atoms with Crippen molar-refractivity contribution in [3.05, 3.63) is 11.1 Å². The fourth-order valence-electron chi connectivity index (χ4n) is 2.66. The van der Waals surface area contributed by atoms with E-state index < -0.39 is 0 Å². The van der Waals surface area contributed by atoms with Gasteiger partial charge in [0.1, 0.15) is 5.78 Å². The molecular weight excluding hydrogens is 176 g/mol. The Labute approximate surface area is 84.4 Å². The normalized spacial score (nSPS) is 33.3. The van der Waals surface area contributed by atoms with Crippen molar-refractivity contribution in [3.63, 3.8) is 0 Å². The summed E-state index contributed by atoms with van der Waals surface area (Å²) in [5.74, 6) is 1.11. The first-order valence-electron chi connectivity index (χ1n) is 5.35. The van der Waals surface area contributed by atoms with Gasteiger partial charge in [-0.05, 0) is 31.3 Å². The Balaban J connectivity index is 2.37. The van der Waals surface area contributed by atoms with Gasteiger partial charge in [0, 0.05) is 18.8 Å². The maximum atomic E-state index is 11.7. The Morgan fingerprint density at radius 1 is 1.21 bits per heavy atom. The summed E-state index contributed by atoms with van der Waals surface area (Å²) in [5, 5.41) is 0. The number of allylic oxidation sites excluding steroid dienone is 2.